The molecule has 2 aliphatic heterocycles. The fourth-order valence-electron chi connectivity index (χ4n) is 5.76. The molecule has 4 heterocycles. The summed E-state index contributed by atoms with van der Waals surface area (Å²) in [5.74, 6) is 0.844. The molecule has 0 aliphatic carbocycles. The molecule has 178 valence electrons. The van der Waals surface area contributed by atoms with E-state index in [2.05, 4.69) is 0 Å². The number of piperidine rings is 1. The fourth-order valence-corrected chi connectivity index (χ4v) is 5.76. The number of pyridine rings is 1. The SMILES string of the molecule is Cc1c(O[C@@H](C)C(=O)N2C[C@@H]3C[C@H](C2)c2cccc(=O)n2C3)ccc2c1oc(=O)c1ccccc12. The number of carbonyl (C=O) groups excluding carboxylic acids is 1. The average molecular weight is 471 g/mol. The van der Waals surface area contributed by atoms with E-state index in [4.69, 9.17) is 9.15 Å². The lowest BCUT2D eigenvalue weighted by Crippen LogP contribution is -2.52. The number of hydrogen-bond acceptors (Lipinski definition) is 5. The van der Waals surface area contributed by atoms with E-state index >= 15 is 0 Å². The van der Waals surface area contributed by atoms with Gasteiger partial charge in [-0.3, -0.25) is 9.59 Å². The van der Waals surface area contributed by atoms with E-state index in [1.54, 1.807) is 25.1 Å². The van der Waals surface area contributed by atoms with Gasteiger partial charge >= 0.3 is 5.63 Å². The van der Waals surface area contributed by atoms with Crippen LogP contribution in [0.1, 0.15) is 30.5 Å². The van der Waals surface area contributed by atoms with Crippen molar-refractivity contribution < 1.29 is 13.9 Å². The molecule has 6 rings (SSSR count). The highest BCUT2D eigenvalue weighted by Gasteiger charge is 2.37. The maximum absolute atomic E-state index is 13.4. The molecule has 35 heavy (non-hydrogen) atoms. The minimum Gasteiger partial charge on any atom is -0.480 e. The van der Waals surface area contributed by atoms with Crippen LogP contribution in [-0.2, 0) is 11.3 Å². The first kappa shape index (κ1) is 21.6. The van der Waals surface area contributed by atoms with Gasteiger partial charge in [0.05, 0.1) is 5.39 Å². The summed E-state index contributed by atoms with van der Waals surface area (Å²) in [6.07, 6.45) is 0.286. The smallest absolute Gasteiger partial charge is 0.344 e. The summed E-state index contributed by atoms with van der Waals surface area (Å²) in [6.45, 7) is 5.42. The molecule has 7 heteroatoms. The second kappa shape index (κ2) is 8.12. The predicted molar refractivity (Wildman–Crippen MR) is 133 cm³/mol. The number of aryl methyl sites for hydroxylation is 1. The predicted octanol–water partition coefficient (Wildman–Crippen LogP) is 3.83. The first-order valence-corrected chi connectivity index (χ1v) is 12.0. The number of fused-ring (bicyclic) bond motifs is 7. The largest absolute Gasteiger partial charge is 0.480 e. The van der Waals surface area contributed by atoms with Gasteiger partial charge in [0.1, 0.15) is 11.3 Å². The lowest BCUT2D eigenvalue weighted by atomic mass is 9.83. The van der Waals surface area contributed by atoms with E-state index in [-0.39, 0.29) is 23.3 Å². The second-order valence-electron chi connectivity index (χ2n) is 9.70. The van der Waals surface area contributed by atoms with Crippen molar-refractivity contribution in [3.8, 4) is 5.75 Å². The van der Waals surface area contributed by atoms with Crippen LogP contribution >= 0.6 is 0 Å². The summed E-state index contributed by atoms with van der Waals surface area (Å²) < 4.78 is 13.6. The number of carbonyl (C=O) groups is 1. The quantitative estimate of drug-likeness (QED) is 0.336. The molecule has 1 fully saturated rings. The summed E-state index contributed by atoms with van der Waals surface area (Å²) in [5.41, 5.74) is 1.80. The molecule has 2 aromatic heterocycles. The molecule has 7 nitrogen and oxygen atoms in total. The van der Waals surface area contributed by atoms with Crippen LogP contribution < -0.4 is 15.9 Å². The summed E-state index contributed by atoms with van der Waals surface area (Å²) >= 11 is 0. The summed E-state index contributed by atoms with van der Waals surface area (Å²) in [4.78, 5) is 40.0. The van der Waals surface area contributed by atoms with Crippen molar-refractivity contribution in [2.24, 2.45) is 5.92 Å². The van der Waals surface area contributed by atoms with Gasteiger partial charge in [-0.1, -0.05) is 24.3 Å². The topological polar surface area (TPSA) is 81.8 Å². The second-order valence-corrected chi connectivity index (χ2v) is 9.70. The van der Waals surface area contributed by atoms with Crippen LogP contribution in [0.25, 0.3) is 21.7 Å². The normalized spacial score (nSPS) is 20.0. The zero-order valence-electron chi connectivity index (χ0n) is 19.7. The molecule has 0 saturated carbocycles. The Balaban J connectivity index is 1.26. The highest BCUT2D eigenvalue weighted by atomic mass is 16.5. The minimum atomic E-state index is -0.699. The minimum absolute atomic E-state index is 0.0277. The van der Waals surface area contributed by atoms with Crippen molar-refractivity contribution in [2.75, 3.05) is 13.1 Å². The van der Waals surface area contributed by atoms with Crippen LogP contribution in [0.3, 0.4) is 0 Å². The molecule has 1 saturated heterocycles. The van der Waals surface area contributed by atoms with Crippen molar-refractivity contribution in [2.45, 2.75) is 38.8 Å². The summed E-state index contributed by atoms with van der Waals surface area (Å²) in [6, 6.07) is 16.5. The number of nitrogens with zero attached hydrogens (tertiary/aromatic N) is 2. The Morgan fingerprint density at radius 3 is 2.60 bits per heavy atom. The molecule has 0 spiro atoms. The number of amides is 1. The van der Waals surface area contributed by atoms with Crippen LogP contribution in [0, 0.1) is 12.8 Å². The van der Waals surface area contributed by atoms with Gasteiger partial charge in [0.2, 0.25) is 0 Å². The number of hydrogen-bond donors (Lipinski definition) is 0. The van der Waals surface area contributed by atoms with Crippen LogP contribution in [0.5, 0.6) is 5.75 Å². The lowest BCUT2D eigenvalue weighted by molar-refractivity contribution is -0.140. The Labute approximate surface area is 201 Å². The van der Waals surface area contributed by atoms with E-state index in [0.717, 1.165) is 22.9 Å². The molecule has 1 amide bonds. The van der Waals surface area contributed by atoms with Crippen molar-refractivity contribution in [3.05, 3.63) is 86.6 Å². The Kier molecular flexibility index (Phi) is 5.02. The number of aromatic nitrogens is 1. The number of ether oxygens (including phenoxy) is 1. The molecule has 2 bridgehead atoms. The van der Waals surface area contributed by atoms with Crippen LogP contribution in [-0.4, -0.2) is 34.6 Å². The Morgan fingerprint density at radius 1 is 0.971 bits per heavy atom. The van der Waals surface area contributed by atoms with Crippen LogP contribution in [0.4, 0.5) is 0 Å². The van der Waals surface area contributed by atoms with Gasteiger partial charge in [-0.05, 0) is 55.8 Å². The Morgan fingerprint density at radius 2 is 1.77 bits per heavy atom. The highest BCUT2D eigenvalue weighted by Crippen LogP contribution is 2.36. The van der Waals surface area contributed by atoms with E-state index in [1.807, 2.05) is 52.8 Å². The maximum atomic E-state index is 13.4. The Bertz CT molecular complexity index is 1600. The van der Waals surface area contributed by atoms with E-state index in [9.17, 15) is 14.4 Å². The van der Waals surface area contributed by atoms with Crippen molar-refractivity contribution in [3.63, 3.8) is 0 Å². The zero-order chi connectivity index (χ0) is 24.3. The van der Waals surface area contributed by atoms with Crippen LogP contribution in [0.15, 0.2) is 68.6 Å². The molecule has 4 aromatic rings. The van der Waals surface area contributed by atoms with Crippen LogP contribution in [0.2, 0.25) is 0 Å². The van der Waals surface area contributed by atoms with Gasteiger partial charge in [-0.15, -0.1) is 0 Å². The van der Waals surface area contributed by atoms with Gasteiger partial charge in [-0.25, -0.2) is 4.79 Å². The molecule has 3 atom stereocenters. The first-order valence-electron chi connectivity index (χ1n) is 12.0. The molecular formula is C28H26N2O5. The monoisotopic (exact) mass is 470 g/mol. The molecule has 0 N–H and O–H groups in total. The maximum Gasteiger partial charge on any atom is 0.344 e. The third kappa shape index (κ3) is 3.53. The average Bonchev–Trinajstić information content (AvgIpc) is 2.86. The van der Waals surface area contributed by atoms with Gasteiger partial charge in [0, 0.05) is 48.3 Å². The molecule has 0 radical (unpaired) electrons. The van der Waals surface area contributed by atoms with Gasteiger partial charge in [0.25, 0.3) is 11.5 Å². The lowest BCUT2D eigenvalue weighted by Gasteiger charge is -2.43. The third-order valence-corrected chi connectivity index (χ3v) is 7.43. The van der Waals surface area contributed by atoms with Gasteiger partial charge in [0.15, 0.2) is 6.10 Å². The summed E-state index contributed by atoms with van der Waals surface area (Å²) in [7, 11) is 0. The summed E-state index contributed by atoms with van der Waals surface area (Å²) in [5, 5.41) is 2.20. The number of benzene rings is 2. The standard InChI is InChI=1S/C28H26N2O5/c1-16-24(11-10-21-20-6-3-4-7-22(20)28(33)35-26(16)21)34-17(2)27(32)29-13-18-12-19(15-29)23-8-5-9-25(31)30(23)14-18/h3-11,17-19H,12-15H2,1-2H3/t17-,18-,19+/m0/s1. The van der Waals surface area contributed by atoms with Gasteiger partial charge in [-0.2, -0.15) is 0 Å². The van der Waals surface area contributed by atoms with E-state index in [1.165, 1.54) is 0 Å². The third-order valence-electron chi connectivity index (χ3n) is 7.43. The van der Waals surface area contributed by atoms with Crippen molar-refractivity contribution in [1.29, 1.82) is 0 Å². The number of likely N-dealkylation sites (tertiary alicyclic amines) is 1. The Hall–Kier alpha value is -3.87. The first-order chi connectivity index (χ1) is 16.9. The van der Waals surface area contributed by atoms with E-state index in [0.29, 0.717) is 41.9 Å². The van der Waals surface area contributed by atoms with Crippen molar-refractivity contribution >= 4 is 27.6 Å². The zero-order valence-corrected chi connectivity index (χ0v) is 19.7. The molecule has 2 aromatic carbocycles. The van der Waals surface area contributed by atoms with E-state index < -0.39 is 11.7 Å². The highest BCUT2D eigenvalue weighted by molar-refractivity contribution is 6.05. The molecular weight excluding hydrogens is 444 g/mol. The van der Waals surface area contributed by atoms with Gasteiger partial charge < -0.3 is 18.6 Å². The molecule has 2 aliphatic rings. The van der Waals surface area contributed by atoms with Crippen molar-refractivity contribution in [1.82, 2.24) is 9.47 Å². The molecule has 0 unspecified atom stereocenters. The fraction of sp³-hybridized carbons (Fsp3) is 0.321. The number of rotatable bonds is 3.